The van der Waals surface area contributed by atoms with Crippen LogP contribution < -0.4 is 5.73 Å². The number of anilines is 1. The Morgan fingerprint density at radius 2 is 1.65 bits per heavy atom. The van der Waals surface area contributed by atoms with E-state index in [2.05, 4.69) is 0 Å². The first-order chi connectivity index (χ1) is 9.50. The molecule has 0 aromatic heterocycles. The van der Waals surface area contributed by atoms with Crippen LogP contribution in [0.5, 0.6) is 0 Å². The van der Waals surface area contributed by atoms with E-state index in [1.54, 1.807) is 18.2 Å². The van der Waals surface area contributed by atoms with Crippen LogP contribution in [0.15, 0.2) is 36.4 Å². The summed E-state index contributed by atoms with van der Waals surface area (Å²) in [7, 11) is 0. The minimum atomic E-state index is -0.336. The number of nitrogens with two attached hydrogens (primary N) is 1. The second-order valence-corrected chi connectivity index (χ2v) is 4.97. The minimum Gasteiger partial charge on any atom is -0.457 e. The third-order valence-corrected chi connectivity index (χ3v) is 3.59. The minimum absolute atomic E-state index is 0.283. The lowest BCUT2D eigenvalue weighted by molar-refractivity contribution is 0.0471. The van der Waals surface area contributed by atoms with E-state index < -0.39 is 0 Å². The number of aryl methyl sites for hydroxylation is 2. The molecule has 0 amide bonds. The number of nitrogen functional groups attached to an aromatic ring is 1. The molecular formula is C17H19NO2. The lowest BCUT2D eigenvalue weighted by Crippen LogP contribution is -2.09. The number of ether oxygens (including phenoxy) is 1. The maximum Gasteiger partial charge on any atom is 0.338 e. The number of rotatable bonds is 3. The molecule has 20 heavy (non-hydrogen) atoms. The van der Waals surface area contributed by atoms with Crippen LogP contribution >= 0.6 is 0 Å². The first kappa shape index (κ1) is 14.1. The average Bonchev–Trinajstić information content (AvgIpc) is 2.41. The zero-order valence-corrected chi connectivity index (χ0v) is 12.1. The van der Waals surface area contributed by atoms with Crippen LogP contribution in [0.4, 0.5) is 5.69 Å². The summed E-state index contributed by atoms with van der Waals surface area (Å²) in [4.78, 5) is 12.1. The van der Waals surface area contributed by atoms with Gasteiger partial charge in [-0.05, 0) is 55.2 Å². The van der Waals surface area contributed by atoms with Crippen LogP contribution in [0, 0.1) is 20.8 Å². The Bertz CT molecular complexity index is 627. The van der Waals surface area contributed by atoms with Crippen LogP contribution in [-0.2, 0) is 11.3 Å². The summed E-state index contributed by atoms with van der Waals surface area (Å²) in [6, 6.07) is 11.3. The molecule has 0 spiro atoms. The van der Waals surface area contributed by atoms with Crippen molar-refractivity contribution in [1.29, 1.82) is 0 Å². The molecule has 3 heteroatoms. The van der Waals surface area contributed by atoms with Crippen molar-refractivity contribution in [3.63, 3.8) is 0 Å². The molecule has 0 radical (unpaired) electrons. The molecule has 0 fully saturated rings. The van der Waals surface area contributed by atoms with Gasteiger partial charge in [0.15, 0.2) is 0 Å². The van der Waals surface area contributed by atoms with Crippen molar-refractivity contribution in [3.8, 4) is 0 Å². The smallest absolute Gasteiger partial charge is 0.338 e. The van der Waals surface area contributed by atoms with Gasteiger partial charge in [0, 0.05) is 5.69 Å². The average molecular weight is 269 g/mol. The molecule has 2 rings (SSSR count). The van der Waals surface area contributed by atoms with Crippen LogP contribution in [-0.4, -0.2) is 5.97 Å². The van der Waals surface area contributed by atoms with Crippen molar-refractivity contribution in [2.75, 3.05) is 5.73 Å². The van der Waals surface area contributed by atoms with Crippen LogP contribution in [0.2, 0.25) is 0 Å². The normalized spacial score (nSPS) is 10.3. The summed E-state index contributed by atoms with van der Waals surface area (Å²) in [5, 5.41) is 0. The van der Waals surface area contributed by atoms with Crippen molar-refractivity contribution in [3.05, 3.63) is 64.2 Å². The summed E-state index contributed by atoms with van der Waals surface area (Å²) in [6.45, 7) is 6.14. The Morgan fingerprint density at radius 3 is 2.30 bits per heavy atom. The maximum atomic E-state index is 12.1. The van der Waals surface area contributed by atoms with E-state index in [4.69, 9.17) is 10.5 Å². The Hall–Kier alpha value is -2.29. The van der Waals surface area contributed by atoms with Crippen molar-refractivity contribution >= 4 is 11.7 Å². The Labute approximate surface area is 119 Å². The lowest BCUT2D eigenvalue weighted by atomic mass is 10.0. The lowest BCUT2D eigenvalue weighted by Gasteiger charge is -2.12. The second-order valence-electron chi connectivity index (χ2n) is 4.97. The van der Waals surface area contributed by atoms with E-state index in [9.17, 15) is 4.79 Å². The number of carbonyl (C=O) groups excluding carboxylic acids is 1. The molecule has 0 atom stereocenters. The highest BCUT2D eigenvalue weighted by atomic mass is 16.5. The summed E-state index contributed by atoms with van der Waals surface area (Å²) in [5.41, 5.74) is 11.0. The molecule has 2 aromatic carbocycles. The van der Waals surface area contributed by atoms with E-state index in [0.29, 0.717) is 11.3 Å². The van der Waals surface area contributed by atoms with Crippen molar-refractivity contribution in [2.45, 2.75) is 27.4 Å². The topological polar surface area (TPSA) is 52.3 Å². The highest BCUT2D eigenvalue weighted by Crippen LogP contribution is 2.19. The zero-order chi connectivity index (χ0) is 14.7. The quantitative estimate of drug-likeness (QED) is 0.684. The highest BCUT2D eigenvalue weighted by molar-refractivity contribution is 5.92. The van der Waals surface area contributed by atoms with Crippen molar-refractivity contribution in [2.24, 2.45) is 0 Å². The summed E-state index contributed by atoms with van der Waals surface area (Å²) in [6.07, 6.45) is 0. The number of hydrogen-bond acceptors (Lipinski definition) is 3. The molecule has 0 aliphatic heterocycles. The number of hydrogen-bond donors (Lipinski definition) is 1. The monoisotopic (exact) mass is 269 g/mol. The third kappa shape index (κ3) is 2.82. The van der Waals surface area contributed by atoms with E-state index in [1.165, 1.54) is 0 Å². The number of carbonyl (C=O) groups is 1. The molecule has 0 aliphatic carbocycles. The molecule has 0 saturated carbocycles. The molecule has 2 N–H and O–H groups in total. The molecule has 0 unspecified atom stereocenters. The van der Waals surface area contributed by atoms with Gasteiger partial charge in [0.2, 0.25) is 0 Å². The summed E-state index contributed by atoms with van der Waals surface area (Å²) >= 11 is 0. The molecule has 0 bridgehead atoms. The van der Waals surface area contributed by atoms with Gasteiger partial charge in [0.25, 0.3) is 0 Å². The third-order valence-electron chi connectivity index (χ3n) is 3.59. The molecule has 0 heterocycles. The van der Waals surface area contributed by atoms with Gasteiger partial charge in [-0.2, -0.15) is 0 Å². The van der Waals surface area contributed by atoms with Crippen molar-refractivity contribution in [1.82, 2.24) is 0 Å². The van der Waals surface area contributed by atoms with E-state index in [0.717, 1.165) is 22.3 Å². The van der Waals surface area contributed by atoms with Gasteiger partial charge in [-0.25, -0.2) is 4.79 Å². The largest absolute Gasteiger partial charge is 0.457 e. The summed E-state index contributed by atoms with van der Waals surface area (Å²) < 4.78 is 5.42. The van der Waals surface area contributed by atoms with Gasteiger partial charge < -0.3 is 10.5 Å². The Kier molecular flexibility index (Phi) is 4.08. The molecule has 104 valence electrons. The molecular weight excluding hydrogens is 250 g/mol. The SMILES string of the molecule is Cc1cccc(C)c1COC(=O)c1cccc(N)c1C. The highest BCUT2D eigenvalue weighted by Gasteiger charge is 2.13. The summed E-state index contributed by atoms with van der Waals surface area (Å²) in [5.74, 6) is -0.336. The molecule has 2 aromatic rings. The Morgan fingerprint density at radius 1 is 1.05 bits per heavy atom. The fourth-order valence-electron chi connectivity index (χ4n) is 2.17. The van der Waals surface area contributed by atoms with Gasteiger partial charge in [-0.3, -0.25) is 0 Å². The van der Waals surface area contributed by atoms with Gasteiger partial charge in [-0.1, -0.05) is 24.3 Å². The predicted molar refractivity (Wildman–Crippen MR) is 80.6 cm³/mol. The van der Waals surface area contributed by atoms with Gasteiger partial charge in [0.1, 0.15) is 6.61 Å². The molecule has 0 saturated heterocycles. The van der Waals surface area contributed by atoms with Crippen LogP contribution in [0.25, 0.3) is 0 Å². The fraction of sp³-hybridized carbons (Fsp3) is 0.235. The first-order valence-electron chi connectivity index (χ1n) is 6.58. The molecule has 3 nitrogen and oxygen atoms in total. The van der Waals surface area contributed by atoms with Gasteiger partial charge in [0.05, 0.1) is 5.56 Å². The standard InChI is InChI=1S/C17H19NO2/c1-11-6-4-7-12(2)15(11)10-20-17(19)14-8-5-9-16(18)13(14)3/h4-9H,10,18H2,1-3H3. The molecule has 0 aliphatic rings. The fourth-order valence-corrected chi connectivity index (χ4v) is 2.17. The Balaban J connectivity index is 2.15. The first-order valence-corrected chi connectivity index (χ1v) is 6.58. The van der Waals surface area contributed by atoms with Gasteiger partial charge in [-0.15, -0.1) is 0 Å². The van der Waals surface area contributed by atoms with E-state index in [-0.39, 0.29) is 12.6 Å². The van der Waals surface area contributed by atoms with E-state index in [1.807, 2.05) is 39.0 Å². The second kappa shape index (κ2) is 5.78. The predicted octanol–water partition coefficient (Wildman–Crippen LogP) is 3.55. The van der Waals surface area contributed by atoms with Gasteiger partial charge >= 0.3 is 5.97 Å². The maximum absolute atomic E-state index is 12.1. The van der Waals surface area contributed by atoms with Crippen molar-refractivity contribution < 1.29 is 9.53 Å². The number of esters is 1. The van der Waals surface area contributed by atoms with Crippen LogP contribution in [0.3, 0.4) is 0 Å². The number of benzene rings is 2. The zero-order valence-electron chi connectivity index (χ0n) is 12.1. The van der Waals surface area contributed by atoms with E-state index >= 15 is 0 Å². The van der Waals surface area contributed by atoms with Crippen LogP contribution in [0.1, 0.15) is 32.6 Å².